The van der Waals surface area contributed by atoms with Crippen LogP contribution < -0.4 is 4.57 Å². The molecule has 39 heavy (non-hydrogen) atoms. The van der Waals surface area contributed by atoms with Gasteiger partial charge in [0.1, 0.15) is 0 Å². The molecule has 9 rings (SSSR count). The lowest BCUT2D eigenvalue weighted by Crippen LogP contribution is -2.33. The summed E-state index contributed by atoms with van der Waals surface area (Å²) < 4.78 is 41.5. The molecule has 0 amide bonds. The number of hydrogen-bond acceptors (Lipinski definition) is 0. The van der Waals surface area contributed by atoms with Crippen molar-refractivity contribution in [3.05, 3.63) is 109 Å². The summed E-state index contributed by atoms with van der Waals surface area (Å²) in [7, 11) is -6.00. The molecule has 1 nitrogen and oxygen atoms in total. The molecule has 1 heterocycles. The smallest absolute Gasteiger partial charge is 0.418 e. The van der Waals surface area contributed by atoms with Crippen LogP contribution in [-0.4, -0.2) is 7.25 Å². The van der Waals surface area contributed by atoms with Crippen LogP contribution in [0.2, 0.25) is 0 Å². The predicted octanol–water partition coefficient (Wildman–Crippen LogP) is 9.65. The molecule has 0 atom stereocenters. The van der Waals surface area contributed by atoms with E-state index in [1.807, 2.05) is 0 Å². The number of halogens is 4. The largest absolute Gasteiger partial charge is 0.673 e. The summed E-state index contributed by atoms with van der Waals surface area (Å²) >= 11 is 0. The van der Waals surface area contributed by atoms with Crippen molar-refractivity contribution in [2.45, 2.75) is 0 Å². The Bertz CT molecular complexity index is 2190. The first kappa shape index (κ1) is 22.3. The standard InChI is InChI=1S/C33H18N.BF4/c1-2-9-21(10-3-1)34-26-17-15-19-7-4-11-22-24-13-6-14-25-23-12-5-8-20-16-18-27(34)32(29(20)23)33(30(24)25)31(26)28(19)22;2-1(3,4)5/h1-18H;/q+1;-1. The van der Waals surface area contributed by atoms with E-state index in [0.29, 0.717) is 0 Å². The van der Waals surface area contributed by atoms with Crippen molar-refractivity contribution >= 4 is 82.9 Å². The third-order valence-electron chi connectivity index (χ3n) is 7.94. The molecule has 1 aromatic heterocycles. The minimum atomic E-state index is -6.00. The van der Waals surface area contributed by atoms with Gasteiger partial charge in [-0.05, 0) is 49.8 Å². The average molecular weight is 515 g/mol. The Kier molecular flexibility index (Phi) is 4.38. The second-order valence-electron chi connectivity index (χ2n) is 10.00. The van der Waals surface area contributed by atoms with Gasteiger partial charge in [0.2, 0.25) is 16.7 Å². The van der Waals surface area contributed by atoms with Gasteiger partial charge in [-0.25, -0.2) is 0 Å². The van der Waals surface area contributed by atoms with Crippen LogP contribution in [0.5, 0.6) is 0 Å². The summed E-state index contributed by atoms with van der Waals surface area (Å²) in [5, 5.41) is 16.3. The minimum absolute atomic E-state index is 1.20. The van der Waals surface area contributed by atoms with E-state index in [2.05, 4.69) is 114 Å². The maximum absolute atomic E-state index is 9.75. The van der Waals surface area contributed by atoms with E-state index in [0.717, 1.165) is 0 Å². The molecule has 0 aliphatic heterocycles. The van der Waals surface area contributed by atoms with Gasteiger partial charge in [0.15, 0.2) is 0 Å². The Morgan fingerprint density at radius 2 is 0.821 bits per heavy atom. The molecule has 9 aromatic rings. The summed E-state index contributed by atoms with van der Waals surface area (Å²) in [6.07, 6.45) is 0. The molecule has 0 N–H and O–H groups in total. The van der Waals surface area contributed by atoms with Gasteiger partial charge in [0.05, 0.1) is 10.8 Å². The Morgan fingerprint density at radius 3 is 1.31 bits per heavy atom. The van der Waals surface area contributed by atoms with Crippen molar-refractivity contribution in [1.82, 2.24) is 0 Å². The van der Waals surface area contributed by atoms with Gasteiger partial charge in [-0.3, -0.25) is 0 Å². The van der Waals surface area contributed by atoms with Crippen molar-refractivity contribution < 1.29 is 21.8 Å². The number of fused-ring (bicyclic) bond motifs is 2. The molecule has 0 saturated heterocycles. The van der Waals surface area contributed by atoms with Crippen molar-refractivity contribution in [3.63, 3.8) is 0 Å². The zero-order valence-electron chi connectivity index (χ0n) is 20.4. The summed E-state index contributed by atoms with van der Waals surface area (Å²) in [6, 6.07) is 40.4. The van der Waals surface area contributed by atoms with Gasteiger partial charge in [0, 0.05) is 40.4 Å². The Morgan fingerprint density at radius 1 is 0.385 bits per heavy atom. The van der Waals surface area contributed by atoms with Gasteiger partial charge >= 0.3 is 7.25 Å². The van der Waals surface area contributed by atoms with E-state index in [1.165, 1.54) is 81.4 Å². The van der Waals surface area contributed by atoms with Gasteiger partial charge < -0.3 is 17.3 Å². The second-order valence-corrected chi connectivity index (χ2v) is 10.00. The predicted molar refractivity (Wildman–Crippen MR) is 154 cm³/mol. The number of hydrogen-bond donors (Lipinski definition) is 0. The molecule has 0 fully saturated rings. The topological polar surface area (TPSA) is 3.88 Å². The van der Waals surface area contributed by atoms with Crippen LogP contribution in [0.15, 0.2) is 109 Å². The first-order valence-corrected chi connectivity index (χ1v) is 12.8. The van der Waals surface area contributed by atoms with E-state index in [9.17, 15) is 17.3 Å². The first-order valence-electron chi connectivity index (χ1n) is 12.8. The molecule has 6 heteroatoms. The second kappa shape index (κ2) is 7.67. The van der Waals surface area contributed by atoms with Crippen LogP contribution in [0.4, 0.5) is 17.3 Å². The van der Waals surface area contributed by atoms with Crippen molar-refractivity contribution in [2.24, 2.45) is 0 Å². The number of aromatic nitrogens is 1. The van der Waals surface area contributed by atoms with E-state index in [1.54, 1.807) is 0 Å². The fourth-order valence-corrected chi connectivity index (χ4v) is 6.69. The number of nitrogens with zero attached hydrogens (tertiary/aromatic N) is 1. The molecule has 0 spiro atoms. The molecule has 0 saturated carbocycles. The number of benzene rings is 8. The monoisotopic (exact) mass is 515 g/mol. The fraction of sp³-hybridized carbons (Fsp3) is 0. The Labute approximate surface area is 219 Å². The Balaban J connectivity index is 0.000000435. The van der Waals surface area contributed by atoms with Crippen molar-refractivity contribution in [2.75, 3.05) is 0 Å². The lowest BCUT2D eigenvalue weighted by Gasteiger charge is -2.21. The Hall–Kier alpha value is -4.71. The fourth-order valence-electron chi connectivity index (χ4n) is 6.69. The van der Waals surface area contributed by atoms with Crippen LogP contribution in [0.3, 0.4) is 0 Å². The van der Waals surface area contributed by atoms with Gasteiger partial charge in [-0.2, -0.15) is 4.57 Å². The molecule has 0 unspecified atom stereocenters. The highest BCUT2D eigenvalue weighted by Gasteiger charge is 2.29. The van der Waals surface area contributed by atoms with E-state index in [4.69, 9.17) is 0 Å². The normalized spacial score (nSPS) is 12.6. The van der Waals surface area contributed by atoms with E-state index < -0.39 is 7.25 Å². The lowest BCUT2D eigenvalue weighted by molar-refractivity contribution is -0.537. The third-order valence-corrected chi connectivity index (χ3v) is 7.94. The van der Waals surface area contributed by atoms with E-state index in [-0.39, 0.29) is 0 Å². The summed E-state index contributed by atoms with van der Waals surface area (Å²) in [5.41, 5.74) is 3.74. The molecule has 0 radical (unpaired) electrons. The van der Waals surface area contributed by atoms with Gasteiger partial charge in [-0.1, -0.05) is 72.8 Å². The molecule has 186 valence electrons. The van der Waals surface area contributed by atoms with Crippen molar-refractivity contribution in [3.8, 4) is 5.69 Å². The van der Waals surface area contributed by atoms with E-state index >= 15 is 0 Å². The highest BCUT2D eigenvalue weighted by Crippen LogP contribution is 2.49. The van der Waals surface area contributed by atoms with Crippen molar-refractivity contribution in [1.29, 1.82) is 0 Å². The van der Waals surface area contributed by atoms with Crippen LogP contribution in [0.25, 0.3) is 81.4 Å². The zero-order chi connectivity index (χ0) is 26.5. The highest BCUT2D eigenvalue weighted by atomic mass is 19.5. The quantitative estimate of drug-likeness (QED) is 0.0674. The maximum Gasteiger partial charge on any atom is 0.673 e. The molecular weight excluding hydrogens is 497 g/mol. The minimum Gasteiger partial charge on any atom is -0.418 e. The molecule has 0 aliphatic rings. The van der Waals surface area contributed by atoms with Crippen LogP contribution in [0, 0.1) is 0 Å². The number of pyridine rings is 1. The summed E-state index contributed by atoms with van der Waals surface area (Å²) in [5.74, 6) is 0. The number of para-hydroxylation sites is 1. The van der Waals surface area contributed by atoms with Gasteiger partial charge in [0.25, 0.3) is 0 Å². The molecule has 0 aliphatic carbocycles. The SMILES string of the molecule is F[B-](F)(F)F.c1ccc(-[n+]2c3ccc4cccc5c6cccc7c8cccc9ccc2c(c98)c(c67)c3c45)cc1. The molecule has 8 aromatic carbocycles. The van der Waals surface area contributed by atoms with Crippen LogP contribution in [0.1, 0.15) is 0 Å². The zero-order valence-corrected chi connectivity index (χ0v) is 20.4. The van der Waals surface area contributed by atoms with Crippen LogP contribution >= 0.6 is 0 Å². The highest BCUT2D eigenvalue weighted by molar-refractivity contribution is 6.50. The summed E-state index contributed by atoms with van der Waals surface area (Å²) in [4.78, 5) is 0. The maximum atomic E-state index is 9.75. The first-order chi connectivity index (χ1) is 18.9. The number of rotatable bonds is 1. The summed E-state index contributed by atoms with van der Waals surface area (Å²) in [6.45, 7) is 0. The third kappa shape index (κ3) is 3.06. The van der Waals surface area contributed by atoms with Crippen LogP contribution in [-0.2, 0) is 0 Å². The average Bonchev–Trinajstić information content (AvgIpc) is 2.94. The lowest BCUT2D eigenvalue weighted by atomic mass is 9.83. The molecular formula is C33H18BF4N. The molecule has 0 bridgehead atoms. The van der Waals surface area contributed by atoms with Gasteiger partial charge in [-0.15, -0.1) is 0 Å².